The zero-order valence-corrected chi connectivity index (χ0v) is 18.3. The second-order valence-electron chi connectivity index (χ2n) is 7.17. The number of thiophene rings is 1. The van der Waals surface area contributed by atoms with Crippen LogP contribution in [-0.2, 0) is 22.5 Å². The number of carbonyl (C=O) groups is 1. The normalized spacial score (nSPS) is 15.8. The molecule has 1 aromatic carbocycles. The maximum Gasteiger partial charge on any atom is 0.341 e. The van der Waals surface area contributed by atoms with Crippen molar-refractivity contribution in [1.82, 2.24) is 0 Å². The molecule has 0 saturated heterocycles. The third-order valence-electron chi connectivity index (χ3n) is 4.68. The molecule has 5 nitrogen and oxygen atoms in total. The van der Waals surface area contributed by atoms with Gasteiger partial charge in [-0.3, -0.25) is 0 Å². The van der Waals surface area contributed by atoms with Crippen LogP contribution in [0.4, 0.5) is 10.7 Å². The fourth-order valence-electron chi connectivity index (χ4n) is 3.13. The number of ether oxygens (including phenoxy) is 2. The van der Waals surface area contributed by atoms with Gasteiger partial charge < -0.3 is 20.1 Å². The van der Waals surface area contributed by atoms with Crippen LogP contribution in [0.15, 0.2) is 24.3 Å². The van der Waals surface area contributed by atoms with E-state index < -0.39 is 0 Å². The summed E-state index contributed by atoms with van der Waals surface area (Å²) >= 11 is 6.97. The molecule has 0 amide bonds. The molecule has 0 bridgehead atoms. The summed E-state index contributed by atoms with van der Waals surface area (Å²) in [5.41, 5.74) is 3.68. The summed E-state index contributed by atoms with van der Waals surface area (Å²) in [4.78, 5) is 13.7. The van der Waals surface area contributed by atoms with Gasteiger partial charge in [0.15, 0.2) is 5.11 Å². The molecular formula is C21H26N2O3S2. The summed E-state index contributed by atoms with van der Waals surface area (Å²) in [7, 11) is 0. The average molecular weight is 419 g/mol. The predicted octanol–water partition coefficient (Wildman–Crippen LogP) is 5.14. The standard InChI is InChI=1S/C21H26N2O3S2/c1-5-25-20(24)18-15-10-16(12(2)3)26-11-17(15)28-19(18)23-21(27)22-14-8-6-13(4)7-9-14/h6-9,12,16H,5,10-11H2,1-4H3,(H2,22,23,27)/t16-/m0/s1. The number of carbonyl (C=O) groups excluding carboxylic acids is 1. The van der Waals surface area contributed by atoms with Crippen molar-refractivity contribution in [2.45, 2.75) is 46.8 Å². The van der Waals surface area contributed by atoms with Gasteiger partial charge in [0, 0.05) is 17.0 Å². The number of hydrogen-bond acceptors (Lipinski definition) is 5. The predicted molar refractivity (Wildman–Crippen MR) is 118 cm³/mol. The first-order chi connectivity index (χ1) is 13.4. The van der Waals surface area contributed by atoms with Gasteiger partial charge >= 0.3 is 5.97 Å². The van der Waals surface area contributed by atoms with Crippen molar-refractivity contribution in [1.29, 1.82) is 0 Å². The summed E-state index contributed by atoms with van der Waals surface area (Å²) in [5.74, 6) is 0.0637. The first kappa shape index (κ1) is 20.8. The molecule has 0 saturated carbocycles. The molecule has 0 unspecified atom stereocenters. The number of anilines is 2. The van der Waals surface area contributed by atoms with E-state index in [1.54, 1.807) is 0 Å². The molecule has 0 spiro atoms. The minimum absolute atomic E-state index is 0.0979. The van der Waals surface area contributed by atoms with E-state index in [-0.39, 0.29) is 12.1 Å². The number of esters is 1. The zero-order valence-electron chi connectivity index (χ0n) is 16.6. The Balaban J connectivity index is 1.84. The Hall–Kier alpha value is -1.96. The summed E-state index contributed by atoms with van der Waals surface area (Å²) in [6.07, 6.45) is 0.804. The lowest BCUT2D eigenvalue weighted by molar-refractivity contribution is 0.00124. The number of nitrogens with one attached hydrogen (secondary N) is 2. The highest BCUT2D eigenvalue weighted by molar-refractivity contribution is 7.80. The van der Waals surface area contributed by atoms with Crippen molar-refractivity contribution < 1.29 is 14.3 Å². The highest BCUT2D eigenvalue weighted by Crippen LogP contribution is 2.39. The maximum atomic E-state index is 12.7. The second kappa shape index (κ2) is 9.03. The highest BCUT2D eigenvalue weighted by atomic mass is 32.1. The van der Waals surface area contributed by atoms with Gasteiger partial charge in [-0.2, -0.15) is 0 Å². The third-order valence-corrected chi connectivity index (χ3v) is 6.01. The van der Waals surface area contributed by atoms with Crippen LogP contribution in [0.5, 0.6) is 0 Å². The largest absolute Gasteiger partial charge is 0.462 e. The summed E-state index contributed by atoms with van der Waals surface area (Å²) < 4.78 is 11.3. The monoisotopic (exact) mass is 418 g/mol. The Labute approximate surface area is 175 Å². The molecule has 1 aliphatic heterocycles. The van der Waals surface area contributed by atoms with Crippen molar-refractivity contribution in [3.05, 3.63) is 45.8 Å². The molecule has 0 radical (unpaired) electrons. The Morgan fingerprint density at radius 1 is 1.32 bits per heavy atom. The Bertz CT molecular complexity index is 859. The van der Waals surface area contributed by atoms with Gasteiger partial charge in [-0.25, -0.2) is 4.79 Å². The molecule has 0 aliphatic carbocycles. The number of hydrogen-bond donors (Lipinski definition) is 2. The summed E-state index contributed by atoms with van der Waals surface area (Å²) in [6, 6.07) is 7.97. The van der Waals surface area contributed by atoms with E-state index in [1.807, 2.05) is 38.1 Å². The van der Waals surface area contributed by atoms with E-state index in [0.29, 0.717) is 41.2 Å². The molecule has 0 fully saturated rings. The zero-order chi connectivity index (χ0) is 20.3. The van der Waals surface area contributed by atoms with Gasteiger partial charge in [-0.05, 0) is 49.7 Å². The Kier molecular flexibility index (Phi) is 6.69. The molecule has 1 atom stereocenters. The summed E-state index contributed by atoms with van der Waals surface area (Å²) in [6.45, 7) is 8.95. The van der Waals surface area contributed by atoms with Crippen LogP contribution in [0.3, 0.4) is 0 Å². The quantitative estimate of drug-likeness (QED) is 0.518. The van der Waals surface area contributed by atoms with E-state index >= 15 is 0 Å². The van der Waals surface area contributed by atoms with Crippen LogP contribution in [0.25, 0.3) is 0 Å². The smallest absolute Gasteiger partial charge is 0.341 e. The Morgan fingerprint density at radius 2 is 2.04 bits per heavy atom. The van der Waals surface area contributed by atoms with E-state index in [4.69, 9.17) is 21.7 Å². The van der Waals surface area contributed by atoms with Gasteiger partial charge in [-0.15, -0.1) is 11.3 Å². The minimum Gasteiger partial charge on any atom is -0.462 e. The van der Waals surface area contributed by atoms with Gasteiger partial charge in [-0.1, -0.05) is 31.5 Å². The molecule has 2 aromatic rings. The lowest BCUT2D eigenvalue weighted by Gasteiger charge is -2.26. The molecular weight excluding hydrogens is 392 g/mol. The fourth-order valence-corrected chi connectivity index (χ4v) is 4.55. The third kappa shape index (κ3) is 4.71. The number of fused-ring (bicyclic) bond motifs is 1. The SMILES string of the molecule is CCOC(=O)c1c(NC(=S)Nc2ccc(C)cc2)sc2c1C[C@@H](C(C)C)OC2. The van der Waals surface area contributed by atoms with Gasteiger partial charge in [0.1, 0.15) is 5.00 Å². The molecule has 1 aromatic heterocycles. The topological polar surface area (TPSA) is 59.6 Å². The van der Waals surface area contributed by atoms with E-state index in [9.17, 15) is 4.79 Å². The van der Waals surface area contributed by atoms with Crippen LogP contribution in [-0.4, -0.2) is 23.8 Å². The van der Waals surface area contributed by atoms with Gasteiger partial charge in [0.05, 0.1) is 24.9 Å². The second-order valence-corrected chi connectivity index (χ2v) is 8.68. The van der Waals surface area contributed by atoms with Crippen molar-refractivity contribution in [3.63, 3.8) is 0 Å². The van der Waals surface area contributed by atoms with Crippen molar-refractivity contribution in [3.8, 4) is 0 Å². The molecule has 2 N–H and O–H groups in total. The first-order valence-electron chi connectivity index (χ1n) is 9.47. The van der Waals surface area contributed by atoms with Crippen LogP contribution < -0.4 is 10.6 Å². The maximum absolute atomic E-state index is 12.7. The molecule has 1 aliphatic rings. The Morgan fingerprint density at radius 3 is 2.68 bits per heavy atom. The van der Waals surface area contributed by atoms with Crippen LogP contribution >= 0.6 is 23.6 Å². The first-order valence-corrected chi connectivity index (χ1v) is 10.7. The number of thiocarbonyl (C=S) groups is 1. The van der Waals surface area contributed by atoms with Crippen LogP contribution in [0, 0.1) is 12.8 Å². The van der Waals surface area contributed by atoms with E-state index in [0.717, 1.165) is 16.1 Å². The van der Waals surface area contributed by atoms with Gasteiger partial charge in [0.25, 0.3) is 0 Å². The van der Waals surface area contributed by atoms with E-state index in [2.05, 4.69) is 24.5 Å². The molecule has 3 rings (SSSR count). The number of rotatable bonds is 5. The summed E-state index contributed by atoms with van der Waals surface area (Å²) in [5, 5.41) is 7.51. The fraction of sp³-hybridized carbons (Fsp3) is 0.429. The van der Waals surface area contributed by atoms with Crippen LogP contribution in [0.1, 0.15) is 47.1 Å². The van der Waals surface area contributed by atoms with Gasteiger partial charge in [0.2, 0.25) is 0 Å². The van der Waals surface area contributed by atoms with E-state index in [1.165, 1.54) is 16.9 Å². The van der Waals surface area contributed by atoms with Crippen molar-refractivity contribution in [2.24, 2.45) is 5.92 Å². The minimum atomic E-state index is -0.315. The molecule has 2 heterocycles. The van der Waals surface area contributed by atoms with Crippen molar-refractivity contribution in [2.75, 3.05) is 17.2 Å². The molecule has 150 valence electrons. The lowest BCUT2D eigenvalue weighted by Crippen LogP contribution is -2.27. The van der Waals surface area contributed by atoms with Crippen LogP contribution in [0.2, 0.25) is 0 Å². The number of benzene rings is 1. The lowest BCUT2D eigenvalue weighted by atomic mass is 9.94. The molecule has 7 heteroatoms. The number of aryl methyl sites for hydroxylation is 1. The van der Waals surface area contributed by atoms with Crippen molar-refractivity contribution >= 4 is 45.3 Å². The highest BCUT2D eigenvalue weighted by Gasteiger charge is 2.31. The molecule has 28 heavy (non-hydrogen) atoms. The average Bonchev–Trinajstić information content (AvgIpc) is 3.00.